The second-order valence-corrected chi connectivity index (χ2v) is 8.02. The van der Waals surface area contributed by atoms with Crippen LogP contribution in [0.1, 0.15) is 38.2 Å². The Balaban J connectivity index is 1.65. The van der Waals surface area contributed by atoms with Gasteiger partial charge in [0.15, 0.2) is 0 Å². The molecule has 8 heteroatoms. The first kappa shape index (κ1) is 20.5. The molecule has 3 rings (SSSR count). The number of halogens is 4. The number of fused-ring (bicyclic) bond motifs is 2. The van der Waals surface area contributed by atoms with E-state index in [1.165, 1.54) is 31.5 Å². The number of nitrogens with zero attached hydrogens (tertiary/aromatic N) is 1. The molecule has 2 aliphatic carbocycles. The van der Waals surface area contributed by atoms with Crippen LogP contribution < -0.4 is 10.6 Å². The number of benzene rings is 1. The van der Waals surface area contributed by atoms with Gasteiger partial charge in [0, 0.05) is 17.9 Å². The van der Waals surface area contributed by atoms with Crippen LogP contribution in [0.5, 0.6) is 0 Å². The van der Waals surface area contributed by atoms with Crippen molar-refractivity contribution in [1.29, 1.82) is 5.26 Å². The molecule has 0 aromatic heterocycles. The number of hydrogen-bond acceptors (Lipinski definition) is 3. The molecule has 2 aliphatic rings. The van der Waals surface area contributed by atoms with E-state index in [-0.39, 0.29) is 17.3 Å². The van der Waals surface area contributed by atoms with Gasteiger partial charge in [0.25, 0.3) is 5.91 Å². The highest BCUT2D eigenvalue weighted by molar-refractivity contribution is 6.31. The fourth-order valence-corrected chi connectivity index (χ4v) is 4.64. The second kappa shape index (κ2) is 8.04. The third-order valence-corrected chi connectivity index (χ3v) is 6.15. The van der Waals surface area contributed by atoms with Crippen LogP contribution in [0.2, 0.25) is 5.02 Å². The minimum atomic E-state index is -4.64. The second-order valence-electron chi connectivity index (χ2n) is 7.61. The van der Waals surface area contributed by atoms with E-state index in [1.54, 1.807) is 6.07 Å². The van der Waals surface area contributed by atoms with Crippen molar-refractivity contribution in [2.75, 3.05) is 5.32 Å². The molecular formula is C20H21ClF3N3O. The molecule has 0 radical (unpaired) electrons. The van der Waals surface area contributed by atoms with Crippen LogP contribution in [0, 0.1) is 29.1 Å². The fraction of sp³-hybridized carbons (Fsp3) is 0.500. The van der Waals surface area contributed by atoms with Crippen molar-refractivity contribution in [2.45, 2.75) is 44.8 Å². The lowest BCUT2D eigenvalue weighted by Crippen LogP contribution is -2.34. The molecule has 0 heterocycles. The van der Waals surface area contributed by atoms with E-state index in [2.05, 4.69) is 10.6 Å². The zero-order valence-electron chi connectivity index (χ0n) is 15.3. The van der Waals surface area contributed by atoms with Gasteiger partial charge in [-0.1, -0.05) is 18.0 Å². The summed E-state index contributed by atoms with van der Waals surface area (Å²) in [5, 5.41) is 14.3. The van der Waals surface area contributed by atoms with E-state index in [1.807, 2.05) is 6.92 Å². The highest BCUT2D eigenvalue weighted by Gasteiger charge is 2.41. The smallest absolute Gasteiger partial charge is 0.387 e. The van der Waals surface area contributed by atoms with Crippen molar-refractivity contribution < 1.29 is 18.0 Å². The standard InChI is InChI=1S/C20H21ClF3N3O/c1-11(16-7-12-2-3-13(16)6-12)26-10-14(9-25)19(28)27-15-4-5-18(21)17(8-15)20(22,23)24/h4-5,8,10-13,16,26H,2-3,6-7H2,1H3,(H,27,28)/b14-10-. The first-order valence-electron chi connectivity index (χ1n) is 9.23. The number of rotatable bonds is 5. The van der Waals surface area contributed by atoms with Gasteiger partial charge in [0.05, 0.1) is 10.6 Å². The number of anilines is 1. The Bertz CT molecular complexity index is 831. The highest BCUT2D eigenvalue weighted by Crippen LogP contribution is 2.49. The van der Waals surface area contributed by atoms with Crippen LogP contribution in [0.4, 0.5) is 18.9 Å². The van der Waals surface area contributed by atoms with Crippen LogP contribution in [0.25, 0.3) is 0 Å². The summed E-state index contributed by atoms with van der Waals surface area (Å²) < 4.78 is 38.8. The number of nitrogens with one attached hydrogen (secondary N) is 2. The number of carbonyl (C=O) groups is 1. The van der Waals surface area contributed by atoms with Crippen LogP contribution in [0.15, 0.2) is 30.0 Å². The van der Waals surface area contributed by atoms with Gasteiger partial charge in [0.2, 0.25) is 0 Å². The van der Waals surface area contributed by atoms with Crippen LogP contribution in [-0.4, -0.2) is 11.9 Å². The predicted molar refractivity (Wildman–Crippen MR) is 100 cm³/mol. The summed E-state index contributed by atoms with van der Waals surface area (Å²) in [5.74, 6) is 1.22. The number of amides is 1. The lowest BCUT2D eigenvalue weighted by molar-refractivity contribution is -0.137. The average Bonchev–Trinajstić information content (AvgIpc) is 3.26. The van der Waals surface area contributed by atoms with E-state index in [4.69, 9.17) is 11.6 Å². The summed E-state index contributed by atoms with van der Waals surface area (Å²) in [7, 11) is 0. The van der Waals surface area contributed by atoms with Crippen LogP contribution in [0.3, 0.4) is 0 Å². The van der Waals surface area contributed by atoms with Crippen molar-refractivity contribution in [2.24, 2.45) is 17.8 Å². The van der Waals surface area contributed by atoms with Gasteiger partial charge in [-0.05, 0) is 62.1 Å². The number of nitriles is 1. The molecule has 4 nitrogen and oxygen atoms in total. The molecule has 0 spiro atoms. The van der Waals surface area contributed by atoms with Gasteiger partial charge in [-0.25, -0.2) is 0 Å². The molecule has 28 heavy (non-hydrogen) atoms. The summed E-state index contributed by atoms with van der Waals surface area (Å²) >= 11 is 5.57. The minimum Gasteiger partial charge on any atom is -0.387 e. The van der Waals surface area contributed by atoms with Gasteiger partial charge >= 0.3 is 6.18 Å². The van der Waals surface area contributed by atoms with E-state index < -0.39 is 22.7 Å². The molecule has 150 valence electrons. The van der Waals surface area contributed by atoms with Gasteiger partial charge in [-0.2, -0.15) is 18.4 Å². The molecule has 2 fully saturated rings. The molecular weight excluding hydrogens is 391 g/mol. The Morgan fingerprint density at radius 2 is 2.11 bits per heavy atom. The SMILES string of the molecule is CC(N/C=C(/C#N)C(=O)Nc1ccc(Cl)c(C(F)(F)F)c1)C1CC2CCC1C2. The lowest BCUT2D eigenvalue weighted by atomic mass is 9.84. The Morgan fingerprint density at radius 3 is 2.68 bits per heavy atom. The minimum absolute atomic E-state index is 0.0796. The van der Waals surface area contributed by atoms with Crippen molar-refractivity contribution in [3.8, 4) is 6.07 Å². The summed E-state index contributed by atoms with van der Waals surface area (Å²) in [6.07, 6.45) is 1.65. The van der Waals surface area contributed by atoms with Crippen LogP contribution in [-0.2, 0) is 11.0 Å². The maximum Gasteiger partial charge on any atom is 0.417 e. The summed E-state index contributed by atoms with van der Waals surface area (Å²) in [4.78, 5) is 12.3. The third kappa shape index (κ3) is 4.44. The normalized spacial score (nSPS) is 25.3. The van der Waals surface area contributed by atoms with Crippen molar-refractivity contribution in [3.05, 3.63) is 40.6 Å². The summed E-state index contributed by atoms with van der Waals surface area (Å²) in [6, 6.07) is 4.99. The fourth-order valence-electron chi connectivity index (χ4n) is 4.41. The van der Waals surface area contributed by atoms with Crippen LogP contribution >= 0.6 is 11.6 Å². The van der Waals surface area contributed by atoms with E-state index in [0.717, 1.165) is 24.5 Å². The average molecular weight is 412 g/mol. The number of hydrogen-bond donors (Lipinski definition) is 2. The molecule has 1 aromatic carbocycles. The van der Waals surface area contributed by atoms with E-state index in [9.17, 15) is 23.2 Å². The third-order valence-electron chi connectivity index (χ3n) is 5.82. The Labute approximate surface area is 166 Å². The van der Waals surface area contributed by atoms with Gasteiger partial charge in [-0.15, -0.1) is 0 Å². The van der Waals surface area contributed by atoms with E-state index in [0.29, 0.717) is 11.8 Å². The Kier molecular flexibility index (Phi) is 5.90. The first-order chi connectivity index (χ1) is 13.2. The zero-order valence-corrected chi connectivity index (χ0v) is 16.1. The molecule has 4 atom stereocenters. The molecule has 2 bridgehead atoms. The Hall–Kier alpha value is -2.20. The summed E-state index contributed by atoms with van der Waals surface area (Å²) in [5.41, 5.74) is -1.32. The maximum atomic E-state index is 12.9. The topological polar surface area (TPSA) is 64.9 Å². The largest absolute Gasteiger partial charge is 0.417 e. The predicted octanol–water partition coefficient (Wildman–Crippen LogP) is 5.12. The molecule has 1 amide bonds. The number of carbonyl (C=O) groups excluding carboxylic acids is 1. The monoisotopic (exact) mass is 411 g/mol. The maximum absolute atomic E-state index is 12.9. The number of alkyl halides is 3. The first-order valence-corrected chi connectivity index (χ1v) is 9.61. The van der Waals surface area contributed by atoms with Gasteiger partial charge < -0.3 is 10.6 Å². The lowest BCUT2D eigenvalue weighted by Gasteiger charge is -2.28. The van der Waals surface area contributed by atoms with Crippen molar-refractivity contribution in [1.82, 2.24) is 5.32 Å². The van der Waals surface area contributed by atoms with Crippen molar-refractivity contribution in [3.63, 3.8) is 0 Å². The molecule has 0 saturated heterocycles. The zero-order chi connectivity index (χ0) is 20.5. The molecule has 4 unspecified atom stereocenters. The van der Waals surface area contributed by atoms with Crippen molar-refractivity contribution >= 4 is 23.2 Å². The molecule has 2 N–H and O–H groups in total. The molecule has 1 aromatic rings. The summed E-state index contributed by atoms with van der Waals surface area (Å²) in [6.45, 7) is 2.03. The van der Waals surface area contributed by atoms with E-state index >= 15 is 0 Å². The van der Waals surface area contributed by atoms with Gasteiger partial charge in [-0.3, -0.25) is 4.79 Å². The Morgan fingerprint density at radius 1 is 1.36 bits per heavy atom. The molecule has 2 saturated carbocycles. The highest BCUT2D eigenvalue weighted by atomic mass is 35.5. The molecule has 0 aliphatic heterocycles. The quantitative estimate of drug-likeness (QED) is 0.522. The van der Waals surface area contributed by atoms with Gasteiger partial charge in [0.1, 0.15) is 11.6 Å².